The van der Waals surface area contributed by atoms with Crippen LogP contribution in [0.3, 0.4) is 0 Å². The van der Waals surface area contributed by atoms with E-state index in [-0.39, 0.29) is 25.5 Å². The maximum Gasteiger partial charge on any atom is 0.308 e. The van der Waals surface area contributed by atoms with Crippen molar-refractivity contribution >= 4 is 11.9 Å². The van der Waals surface area contributed by atoms with Crippen LogP contribution in [0.4, 0.5) is 0 Å². The third-order valence-corrected chi connectivity index (χ3v) is 3.46. The van der Waals surface area contributed by atoms with Crippen LogP contribution in [-0.4, -0.2) is 30.1 Å². The highest BCUT2D eigenvalue weighted by Gasteiger charge is 2.17. The van der Waals surface area contributed by atoms with E-state index in [4.69, 9.17) is 9.84 Å². The molecule has 0 saturated carbocycles. The van der Waals surface area contributed by atoms with Crippen molar-refractivity contribution in [1.29, 1.82) is 0 Å². The number of carbonyl (C=O) groups excluding carboxylic acids is 1. The second kappa shape index (κ2) is 9.07. The van der Waals surface area contributed by atoms with Crippen molar-refractivity contribution in [3.05, 3.63) is 29.3 Å². The summed E-state index contributed by atoms with van der Waals surface area (Å²) in [5.41, 5.74) is 2.13. The maximum atomic E-state index is 11.7. The molecule has 0 spiro atoms. The Labute approximate surface area is 131 Å². The first kappa shape index (κ1) is 18.0. The first-order chi connectivity index (χ1) is 10.4. The van der Waals surface area contributed by atoms with E-state index in [1.54, 1.807) is 0 Å². The molecule has 0 aliphatic rings. The van der Waals surface area contributed by atoms with Gasteiger partial charge in [0.25, 0.3) is 0 Å². The van der Waals surface area contributed by atoms with E-state index in [0.29, 0.717) is 6.42 Å². The molecular weight excluding hydrogens is 282 g/mol. The van der Waals surface area contributed by atoms with Crippen LogP contribution in [0.2, 0.25) is 0 Å². The summed E-state index contributed by atoms with van der Waals surface area (Å²) in [6, 6.07) is 5.93. The van der Waals surface area contributed by atoms with Crippen LogP contribution < -0.4 is 10.1 Å². The quantitative estimate of drug-likeness (QED) is 0.735. The summed E-state index contributed by atoms with van der Waals surface area (Å²) in [5, 5.41) is 11.7. The van der Waals surface area contributed by atoms with E-state index in [2.05, 4.69) is 5.32 Å². The van der Waals surface area contributed by atoms with Gasteiger partial charge in [-0.25, -0.2) is 0 Å². The molecule has 1 aromatic carbocycles. The topological polar surface area (TPSA) is 75.6 Å². The van der Waals surface area contributed by atoms with Crippen molar-refractivity contribution in [2.45, 2.75) is 40.0 Å². The third kappa shape index (κ3) is 6.16. The van der Waals surface area contributed by atoms with Crippen LogP contribution in [0.15, 0.2) is 18.2 Å². The summed E-state index contributed by atoms with van der Waals surface area (Å²) in [7, 11) is 0. The van der Waals surface area contributed by atoms with Gasteiger partial charge in [0.1, 0.15) is 5.75 Å². The Morgan fingerprint density at radius 2 is 2.05 bits per heavy atom. The van der Waals surface area contributed by atoms with Crippen molar-refractivity contribution in [2.75, 3.05) is 13.2 Å². The van der Waals surface area contributed by atoms with Crippen LogP contribution in [0.5, 0.6) is 5.75 Å². The molecular formula is C17H25NO4. The first-order valence-corrected chi connectivity index (χ1v) is 7.63. The van der Waals surface area contributed by atoms with Gasteiger partial charge in [-0.15, -0.1) is 0 Å². The molecule has 0 bridgehead atoms. The van der Waals surface area contributed by atoms with Gasteiger partial charge >= 0.3 is 5.97 Å². The number of benzene rings is 1. The number of amides is 1. The Kier molecular flexibility index (Phi) is 7.43. The zero-order chi connectivity index (χ0) is 16.5. The van der Waals surface area contributed by atoms with Crippen molar-refractivity contribution in [2.24, 2.45) is 5.92 Å². The highest BCUT2D eigenvalue weighted by molar-refractivity contribution is 5.77. The lowest BCUT2D eigenvalue weighted by Crippen LogP contribution is -2.33. The summed E-state index contributed by atoms with van der Waals surface area (Å²) in [6.45, 7) is 6.32. The molecule has 122 valence electrons. The zero-order valence-electron chi connectivity index (χ0n) is 13.5. The van der Waals surface area contributed by atoms with Crippen LogP contribution in [-0.2, 0) is 9.59 Å². The Balaban J connectivity index is 2.34. The normalized spacial score (nSPS) is 11.8. The van der Waals surface area contributed by atoms with Gasteiger partial charge < -0.3 is 15.2 Å². The predicted octanol–water partition coefficient (Wildman–Crippen LogP) is 2.69. The van der Waals surface area contributed by atoms with E-state index in [1.807, 2.05) is 39.0 Å². The molecule has 0 fully saturated rings. The van der Waals surface area contributed by atoms with Gasteiger partial charge in [0.05, 0.1) is 18.9 Å². The fourth-order valence-corrected chi connectivity index (χ4v) is 2.10. The predicted molar refractivity (Wildman–Crippen MR) is 85.1 cm³/mol. The molecule has 0 aliphatic carbocycles. The smallest absolute Gasteiger partial charge is 0.308 e. The molecule has 2 N–H and O–H groups in total. The first-order valence-electron chi connectivity index (χ1n) is 7.63. The molecule has 0 saturated heterocycles. The highest BCUT2D eigenvalue weighted by atomic mass is 16.5. The molecule has 0 heterocycles. The number of carboxylic acids is 1. The SMILES string of the molecule is CCCC(CNC(=O)CCOc1cc(C)ccc1C)C(=O)O. The number of rotatable bonds is 9. The van der Waals surface area contributed by atoms with Gasteiger partial charge in [0.15, 0.2) is 0 Å². The lowest BCUT2D eigenvalue weighted by Gasteiger charge is -2.13. The number of aryl methyl sites for hydroxylation is 2. The minimum atomic E-state index is -0.867. The summed E-state index contributed by atoms with van der Waals surface area (Å²) < 4.78 is 5.61. The van der Waals surface area contributed by atoms with Gasteiger partial charge in [-0.05, 0) is 37.5 Å². The number of nitrogens with one attached hydrogen (secondary N) is 1. The van der Waals surface area contributed by atoms with E-state index >= 15 is 0 Å². The molecule has 0 aromatic heterocycles. The fourth-order valence-electron chi connectivity index (χ4n) is 2.10. The minimum absolute atomic E-state index is 0.172. The van der Waals surface area contributed by atoms with Crippen molar-refractivity contribution in [3.63, 3.8) is 0 Å². The molecule has 1 unspecified atom stereocenters. The number of ether oxygens (including phenoxy) is 1. The second-order valence-electron chi connectivity index (χ2n) is 5.50. The van der Waals surface area contributed by atoms with E-state index in [9.17, 15) is 9.59 Å². The highest BCUT2D eigenvalue weighted by Crippen LogP contribution is 2.19. The van der Waals surface area contributed by atoms with Gasteiger partial charge in [0.2, 0.25) is 5.91 Å². The molecule has 1 aromatic rings. The number of aliphatic carboxylic acids is 1. The van der Waals surface area contributed by atoms with Crippen LogP contribution in [0.25, 0.3) is 0 Å². The van der Waals surface area contributed by atoms with Gasteiger partial charge in [0, 0.05) is 6.54 Å². The van der Waals surface area contributed by atoms with Crippen LogP contribution in [0.1, 0.15) is 37.3 Å². The van der Waals surface area contributed by atoms with Crippen molar-refractivity contribution in [1.82, 2.24) is 5.32 Å². The molecule has 1 atom stereocenters. The molecule has 5 nitrogen and oxygen atoms in total. The molecule has 5 heteroatoms. The standard InChI is InChI=1S/C17H25NO4/c1-4-5-14(17(20)21)11-18-16(19)8-9-22-15-10-12(2)6-7-13(15)3/h6-7,10,14H,4-5,8-9,11H2,1-3H3,(H,18,19)(H,20,21). The van der Waals surface area contributed by atoms with Crippen LogP contribution in [0, 0.1) is 19.8 Å². The number of carboxylic acid groups (broad SMARTS) is 1. The lowest BCUT2D eigenvalue weighted by atomic mass is 10.0. The maximum absolute atomic E-state index is 11.7. The average molecular weight is 307 g/mol. The van der Waals surface area contributed by atoms with Gasteiger partial charge in [-0.3, -0.25) is 9.59 Å². The summed E-state index contributed by atoms with van der Waals surface area (Å²) in [4.78, 5) is 22.7. The number of carbonyl (C=O) groups is 2. The molecule has 1 rings (SSSR count). The minimum Gasteiger partial charge on any atom is -0.493 e. The van der Waals surface area contributed by atoms with Crippen LogP contribution >= 0.6 is 0 Å². The average Bonchev–Trinajstić information content (AvgIpc) is 2.46. The fraction of sp³-hybridized carbons (Fsp3) is 0.529. The number of hydrogen-bond donors (Lipinski definition) is 2. The van der Waals surface area contributed by atoms with Gasteiger partial charge in [-0.2, -0.15) is 0 Å². The zero-order valence-corrected chi connectivity index (χ0v) is 13.5. The van der Waals surface area contributed by atoms with E-state index in [0.717, 1.165) is 23.3 Å². The lowest BCUT2D eigenvalue weighted by molar-refractivity contribution is -0.141. The van der Waals surface area contributed by atoms with E-state index < -0.39 is 11.9 Å². The van der Waals surface area contributed by atoms with Crippen molar-refractivity contribution in [3.8, 4) is 5.75 Å². The Morgan fingerprint density at radius 3 is 2.68 bits per heavy atom. The monoisotopic (exact) mass is 307 g/mol. The summed E-state index contributed by atoms with van der Waals surface area (Å²) in [5.74, 6) is -0.794. The van der Waals surface area contributed by atoms with Gasteiger partial charge in [-0.1, -0.05) is 25.5 Å². The Bertz CT molecular complexity index is 513. The molecule has 1 amide bonds. The number of hydrogen-bond acceptors (Lipinski definition) is 3. The Morgan fingerprint density at radius 1 is 1.32 bits per heavy atom. The molecule has 22 heavy (non-hydrogen) atoms. The van der Waals surface area contributed by atoms with E-state index in [1.165, 1.54) is 0 Å². The second-order valence-corrected chi connectivity index (χ2v) is 5.50. The summed E-state index contributed by atoms with van der Waals surface area (Å²) >= 11 is 0. The third-order valence-electron chi connectivity index (χ3n) is 3.46. The largest absolute Gasteiger partial charge is 0.493 e. The molecule has 0 aliphatic heterocycles. The van der Waals surface area contributed by atoms with Crippen molar-refractivity contribution < 1.29 is 19.4 Å². The molecule has 0 radical (unpaired) electrons. The summed E-state index contributed by atoms with van der Waals surface area (Å²) in [6.07, 6.45) is 1.56. The Hall–Kier alpha value is -2.04.